The first-order valence-electron chi connectivity index (χ1n) is 6.47. The molecule has 2 heterocycles. The van der Waals surface area contributed by atoms with Crippen LogP contribution in [0.1, 0.15) is 10.4 Å². The molecule has 0 fully saturated rings. The molecular weight excluding hydrogens is 272 g/mol. The van der Waals surface area contributed by atoms with Crippen molar-refractivity contribution in [3.05, 3.63) is 42.4 Å². The van der Waals surface area contributed by atoms with E-state index in [0.29, 0.717) is 30.3 Å². The summed E-state index contributed by atoms with van der Waals surface area (Å²) in [5.74, 6) is 0.492. The molecule has 2 aliphatic heterocycles. The van der Waals surface area contributed by atoms with Crippen LogP contribution in [0.25, 0.3) is 0 Å². The fourth-order valence-electron chi connectivity index (χ4n) is 2.15. The molecule has 0 aliphatic carbocycles. The van der Waals surface area contributed by atoms with Crippen molar-refractivity contribution in [2.75, 3.05) is 25.2 Å². The molecule has 6 heteroatoms. The number of allylic oxidation sites excluding steroid dienone is 1. The lowest BCUT2D eigenvalue weighted by molar-refractivity contribution is 0.0590. The first-order valence-corrected chi connectivity index (χ1v) is 6.47. The van der Waals surface area contributed by atoms with Crippen LogP contribution in [0.15, 0.2) is 41.8 Å². The second-order valence-electron chi connectivity index (χ2n) is 4.32. The third-order valence-electron chi connectivity index (χ3n) is 3.08. The number of hydrogen-bond donors (Lipinski definition) is 0. The Labute approximate surface area is 121 Å². The molecule has 1 aromatic carbocycles. The molecule has 2 aliphatic rings. The highest BCUT2D eigenvalue weighted by Crippen LogP contribution is 2.43. The number of carbonyl (C=O) groups excluding carboxylic acids is 1. The fourth-order valence-corrected chi connectivity index (χ4v) is 2.15. The van der Waals surface area contributed by atoms with Crippen LogP contribution in [-0.2, 0) is 4.74 Å². The highest BCUT2D eigenvalue weighted by atomic mass is 16.6. The molecular formula is C15H14N2O4. The molecule has 0 amide bonds. The number of nitrogens with zero attached hydrogens (tertiary/aromatic N) is 2. The SMILES string of the molecule is COC(=O)c1ccc(N2C=CC=NC=C2)c2c1OCCO2. The molecule has 21 heavy (non-hydrogen) atoms. The topological polar surface area (TPSA) is 60.4 Å². The number of aliphatic imine (C=N–C) groups is 1. The van der Waals surface area contributed by atoms with E-state index in [-0.39, 0.29) is 0 Å². The Bertz CT molecular complexity index is 633. The first kappa shape index (κ1) is 13.2. The number of hydrogen-bond acceptors (Lipinski definition) is 6. The van der Waals surface area contributed by atoms with Crippen molar-refractivity contribution in [1.82, 2.24) is 0 Å². The van der Waals surface area contributed by atoms with Gasteiger partial charge >= 0.3 is 5.97 Å². The number of rotatable bonds is 2. The van der Waals surface area contributed by atoms with Crippen molar-refractivity contribution in [3.8, 4) is 11.5 Å². The molecule has 0 unspecified atom stereocenters. The Kier molecular flexibility index (Phi) is 3.59. The normalized spacial score (nSPS) is 15.8. The van der Waals surface area contributed by atoms with Crippen LogP contribution in [0, 0.1) is 0 Å². The van der Waals surface area contributed by atoms with Gasteiger partial charge in [-0.25, -0.2) is 4.79 Å². The van der Waals surface area contributed by atoms with Crippen molar-refractivity contribution in [2.45, 2.75) is 0 Å². The predicted molar refractivity (Wildman–Crippen MR) is 78.0 cm³/mol. The lowest BCUT2D eigenvalue weighted by Crippen LogP contribution is -2.20. The van der Waals surface area contributed by atoms with Gasteiger partial charge in [-0.05, 0) is 18.2 Å². The largest absolute Gasteiger partial charge is 0.485 e. The van der Waals surface area contributed by atoms with E-state index < -0.39 is 5.97 Å². The summed E-state index contributed by atoms with van der Waals surface area (Å²) in [7, 11) is 1.34. The Hall–Kier alpha value is -2.76. The first-order chi connectivity index (χ1) is 10.3. The van der Waals surface area contributed by atoms with E-state index in [0.717, 1.165) is 5.69 Å². The van der Waals surface area contributed by atoms with Gasteiger partial charge in [0.2, 0.25) is 0 Å². The van der Waals surface area contributed by atoms with Gasteiger partial charge in [0.25, 0.3) is 0 Å². The number of methoxy groups -OCH3 is 1. The Morgan fingerprint density at radius 2 is 2.05 bits per heavy atom. The number of anilines is 1. The monoisotopic (exact) mass is 286 g/mol. The fraction of sp³-hybridized carbons (Fsp3) is 0.200. The van der Waals surface area contributed by atoms with Crippen molar-refractivity contribution in [3.63, 3.8) is 0 Å². The van der Waals surface area contributed by atoms with Gasteiger partial charge in [-0.2, -0.15) is 0 Å². The van der Waals surface area contributed by atoms with Crippen molar-refractivity contribution < 1.29 is 19.0 Å². The average Bonchev–Trinajstić information content (AvgIpc) is 2.82. The zero-order valence-corrected chi connectivity index (χ0v) is 11.5. The molecule has 0 N–H and O–H groups in total. The lowest BCUT2D eigenvalue weighted by Gasteiger charge is -2.26. The van der Waals surface area contributed by atoms with Gasteiger partial charge in [-0.15, -0.1) is 0 Å². The highest BCUT2D eigenvalue weighted by molar-refractivity contribution is 5.95. The Morgan fingerprint density at radius 1 is 1.24 bits per heavy atom. The van der Waals surface area contributed by atoms with Crippen LogP contribution in [0.5, 0.6) is 11.5 Å². The third kappa shape index (κ3) is 2.47. The van der Waals surface area contributed by atoms with Gasteiger partial charge in [0.05, 0.1) is 12.8 Å². The van der Waals surface area contributed by atoms with E-state index in [1.165, 1.54) is 7.11 Å². The minimum absolute atomic E-state index is 0.356. The maximum absolute atomic E-state index is 11.8. The minimum Gasteiger partial charge on any atom is -0.485 e. The summed E-state index contributed by atoms with van der Waals surface area (Å²) >= 11 is 0. The van der Waals surface area contributed by atoms with Gasteiger partial charge in [0, 0.05) is 24.8 Å². The van der Waals surface area contributed by atoms with Crippen LogP contribution < -0.4 is 14.4 Å². The van der Waals surface area contributed by atoms with Crippen LogP contribution >= 0.6 is 0 Å². The molecule has 0 radical (unpaired) electrons. The van der Waals surface area contributed by atoms with Crippen molar-refractivity contribution in [1.29, 1.82) is 0 Å². The summed E-state index contributed by atoms with van der Waals surface area (Å²) in [6, 6.07) is 3.46. The molecule has 0 saturated carbocycles. The maximum Gasteiger partial charge on any atom is 0.341 e. The average molecular weight is 286 g/mol. The molecule has 3 rings (SSSR count). The van der Waals surface area contributed by atoms with E-state index >= 15 is 0 Å². The summed E-state index contributed by atoms with van der Waals surface area (Å²) in [5, 5.41) is 0. The summed E-state index contributed by atoms with van der Waals surface area (Å²) in [5.41, 5.74) is 1.13. The quantitative estimate of drug-likeness (QED) is 0.779. The summed E-state index contributed by atoms with van der Waals surface area (Å²) in [4.78, 5) is 17.7. The van der Waals surface area contributed by atoms with Crippen LogP contribution in [0.4, 0.5) is 5.69 Å². The Morgan fingerprint density at radius 3 is 2.86 bits per heavy atom. The molecule has 0 bridgehead atoms. The summed E-state index contributed by atoms with van der Waals surface area (Å²) < 4.78 is 16.1. The number of esters is 1. The maximum atomic E-state index is 11.8. The zero-order valence-electron chi connectivity index (χ0n) is 11.5. The number of ether oxygens (including phenoxy) is 3. The summed E-state index contributed by atoms with van der Waals surface area (Å²) in [6.45, 7) is 0.831. The number of carbonyl (C=O) groups is 1. The van der Waals surface area contributed by atoms with Gasteiger partial charge in [0.15, 0.2) is 11.5 Å². The van der Waals surface area contributed by atoms with E-state index in [2.05, 4.69) is 4.99 Å². The second-order valence-corrected chi connectivity index (χ2v) is 4.32. The second kappa shape index (κ2) is 5.70. The van der Waals surface area contributed by atoms with E-state index in [4.69, 9.17) is 14.2 Å². The van der Waals surface area contributed by atoms with Crippen molar-refractivity contribution in [2.24, 2.45) is 4.99 Å². The number of fused-ring (bicyclic) bond motifs is 1. The third-order valence-corrected chi connectivity index (χ3v) is 3.08. The smallest absolute Gasteiger partial charge is 0.341 e. The van der Waals surface area contributed by atoms with Crippen LogP contribution in [0.2, 0.25) is 0 Å². The number of benzene rings is 1. The van der Waals surface area contributed by atoms with Gasteiger partial charge in [-0.3, -0.25) is 4.99 Å². The van der Waals surface area contributed by atoms with Crippen LogP contribution in [0.3, 0.4) is 0 Å². The van der Waals surface area contributed by atoms with Crippen LogP contribution in [-0.4, -0.2) is 32.5 Å². The lowest BCUT2D eigenvalue weighted by atomic mass is 10.1. The molecule has 1 aromatic rings. The minimum atomic E-state index is -0.450. The van der Waals surface area contributed by atoms with Gasteiger partial charge in [0.1, 0.15) is 18.8 Å². The standard InChI is InChI=1S/C15H14N2O4/c1-19-15(18)11-3-4-12(14-13(11)20-9-10-21-14)17-7-2-5-16-6-8-17/h2-8H,9-10H2,1H3. The molecule has 6 nitrogen and oxygen atoms in total. The Balaban J connectivity index is 2.08. The predicted octanol–water partition coefficient (Wildman–Crippen LogP) is 2.12. The van der Waals surface area contributed by atoms with E-state index in [1.54, 1.807) is 30.7 Å². The molecule has 108 valence electrons. The van der Waals surface area contributed by atoms with E-state index in [1.807, 2.05) is 17.2 Å². The zero-order chi connectivity index (χ0) is 14.7. The van der Waals surface area contributed by atoms with Crippen molar-refractivity contribution >= 4 is 17.9 Å². The molecule has 0 saturated heterocycles. The van der Waals surface area contributed by atoms with E-state index in [9.17, 15) is 4.79 Å². The highest BCUT2D eigenvalue weighted by Gasteiger charge is 2.25. The molecule has 0 spiro atoms. The van der Waals surface area contributed by atoms with Gasteiger partial charge < -0.3 is 19.1 Å². The summed E-state index contributed by atoms with van der Waals surface area (Å²) in [6.07, 6.45) is 8.81. The van der Waals surface area contributed by atoms with Gasteiger partial charge in [-0.1, -0.05) is 0 Å². The molecule has 0 aromatic heterocycles. The molecule has 0 atom stereocenters.